The number of aromatic hydroxyl groups is 1. The van der Waals surface area contributed by atoms with E-state index < -0.39 is 11.7 Å². The Bertz CT molecular complexity index is 560. The number of phenolic OH excluding ortho intramolecular Hbond substituents is 1. The molecular formula is C17H26N2O4. The van der Waals surface area contributed by atoms with Gasteiger partial charge in [-0.1, -0.05) is 0 Å². The van der Waals surface area contributed by atoms with Gasteiger partial charge in [-0.15, -0.1) is 0 Å². The first-order valence-corrected chi connectivity index (χ1v) is 7.92. The number of rotatable bonds is 4. The first-order valence-electron chi connectivity index (χ1n) is 7.92. The fourth-order valence-electron chi connectivity index (χ4n) is 2.66. The molecule has 1 fully saturated rings. The van der Waals surface area contributed by atoms with Gasteiger partial charge in [0.15, 0.2) is 11.5 Å². The SMILES string of the molecule is COc1cc(CC2CCCN2)cc(NC(=O)OC(C)(C)C)c1O. The van der Waals surface area contributed by atoms with Crippen LogP contribution in [0.15, 0.2) is 12.1 Å². The van der Waals surface area contributed by atoms with Crippen molar-refractivity contribution in [1.29, 1.82) is 0 Å². The lowest BCUT2D eigenvalue weighted by Crippen LogP contribution is -2.27. The maximum Gasteiger partial charge on any atom is 0.412 e. The second-order valence-electron chi connectivity index (χ2n) is 6.82. The van der Waals surface area contributed by atoms with Crippen molar-refractivity contribution in [2.75, 3.05) is 19.0 Å². The lowest BCUT2D eigenvalue weighted by molar-refractivity contribution is 0.0635. The van der Waals surface area contributed by atoms with Crippen LogP contribution >= 0.6 is 0 Å². The summed E-state index contributed by atoms with van der Waals surface area (Å²) in [6, 6.07) is 3.98. The van der Waals surface area contributed by atoms with Crippen LogP contribution in [0, 0.1) is 0 Å². The van der Waals surface area contributed by atoms with Gasteiger partial charge in [0.25, 0.3) is 0 Å². The summed E-state index contributed by atoms with van der Waals surface area (Å²) < 4.78 is 10.4. The zero-order chi connectivity index (χ0) is 17.0. The van der Waals surface area contributed by atoms with E-state index in [-0.39, 0.29) is 5.75 Å². The van der Waals surface area contributed by atoms with Gasteiger partial charge in [-0.3, -0.25) is 5.32 Å². The van der Waals surface area contributed by atoms with Crippen molar-refractivity contribution >= 4 is 11.8 Å². The molecule has 0 aromatic heterocycles. The highest BCUT2D eigenvalue weighted by molar-refractivity contribution is 5.88. The smallest absolute Gasteiger partial charge is 0.412 e. The molecule has 1 heterocycles. The summed E-state index contributed by atoms with van der Waals surface area (Å²) in [5.41, 5.74) is 0.687. The van der Waals surface area contributed by atoms with Crippen molar-refractivity contribution < 1.29 is 19.4 Å². The molecule has 1 atom stereocenters. The van der Waals surface area contributed by atoms with Crippen LogP contribution in [0.1, 0.15) is 39.2 Å². The predicted molar refractivity (Wildman–Crippen MR) is 89.2 cm³/mol. The number of carbonyl (C=O) groups excluding carboxylic acids is 1. The van der Waals surface area contributed by atoms with E-state index >= 15 is 0 Å². The van der Waals surface area contributed by atoms with Gasteiger partial charge >= 0.3 is 6.09 Å². The Labute approximate surface area is 137 Å². The van der Waals surface area contributed by atoms with E-state index in [2.05, 4.69) is 10.6 Å². The van der Waals surface area contributed by atoms with Crippen LogP contribution in [0.25, 0.3) is 0 Å². The van der Waals surface area contributed by atoms with Gasteiger partial charge < -0.3 is 19.9 Å². The van der Waals surface area contributed by atoms with Crippen molar-refractivity contribution in [1.82, 2.24) is 5.32 Å². The summed E-state index contributed by atoms with van der Waals surface area (Å²) in [4.78, 5) is 11.9. The first-order chi connectivity index (χ1) is 10.8. The van der Waals surface area contributed by atoms with Crippen molar-refractivity contribution in [2.45, 2.75) is 51.7 Å². The number of carbonyl (C=O) groups is 1. The molecule has 128 valence electrons. The van der Waals surface area contributed by atoms with Crippen LogP contribution in [0.4, 0.5) is 10.5 Å². The van der Waals surface area contributed by atoms with Gasteiger partial charge in [0.1, 0.15) is 5.60 Å². The molecule has 6 heteroatoms. The number of anilines is 1. The third-order valence-electron chi connectivity index (χ3n) is 3.63. The molecular weight excluding hydrogens is 296 g/mol. The monoisotopic (exact) mass is 322 g/mol. The number of benzene rings is 1. The molecule has 0 spiro atoms. The molecule has 0 bridgehead atoms. The van der Waals surface area contributed by atoms with Crippen molar-refractivity contribution in [3.8, 4) is 11.5 Å². The molecule has 1 aromatic rings. The third-order valence-corrected chi connectivity index (χ3v) is 3.63. The standard InChI is InChI=1S/C17H26N2O4/c1-17(2,3)23-16(21)19-13-9-11(8-12-6-5-7-18-12)10-14(22-4)15(13)20/h9-10,12,18,20H,5-8H2,1-4H3,(H,19,21). The summed E-state index contributed by atoms with van der Waals surface area (Å²) in [7, 11) is 1.49. The number of amides is 1. The fraction of sp³-hybridized carbons (Fsp3) is 0.588. The minimum atomic E-state index is -0.606. The largest absolute Gasteiger partial charge is 0.503 e. The van der Waals surface area contributed by atoms with E-state index in [0.29, 0.717) is 17.5 Å². The summed E-state index contributed by atoms with van der Waals surface area (Å²) in [5.74, 6) is 0.244. The zero-order valence-electron chi connectivity index (χ0n) is 14.2. The van der Waals surface area contributed by atoms with Gasteiger partial charge in [0.2, 0.25) is 0 Å². The highest BCUT2D eigenvalue weighted by Gasteiger charge is 2.20. The van der Waals surface area contributed by atoms with E-state index in [1.165, 1.54) is 13.5 Å². The normalized spacial score (nSPS) is 17.8. The summed E-state index contributed by atoms with van der Waals surface area (Å²) >= 11 is 0. The summed E-state index contributed by atoms with van der Waals surface area (Å²) in [6.07, 6.45) is 2.51. The molecule has 1 aromatic carbocycles. The Morgan fingerprint density at radius 3 is 2.74 bits per heavy atom. The number of hydrogen-bond donors (Lipinski definition) is 3. The second-order valence-corrected chi connectivity index (χ2v) is 6.82. The van der Waals surface area contributed by atoms with Crippen LogP contribution in [-0.4, -0.2) is 36.5 Å². The average Bonchev–Trinajstić information content (AvgIpc) is 2.93. The Kier molecular flexibility index (Phi) is 5.36. The molecule has 0 aliphatic carbocycles. The van der Waals surface area contributed by atoms with Gasteiger partial charge in [-0.2, -0.15) is 0 Å². The van der Waals surface area contributed by atoms with Crippen LogP contribution in [0.3, 0.4) is 0 Å². The number of ether oxygens (including phenoxy) is 2. The first kappa shape index (κ1) is 17.4. The fourth-order valence-corrected chi connectivity index (χ4v) is 2.66. The second kappa shape index (κ2) is 7.08. The molecule has 1 aliphatic rings. The van der Waals surface area contributed by atoms with Crippen molar-refractivity contribution in [3.63, 3.8) is 0 Å². The van der Waals surface area contributed by atoms with E-state index in [4.69, 9.17) is 9.47 Å². The van der Waals surface area contributed by atoms with E-state index in [1.54, 1.807) is 32.9 Å². The van der Waals surface area contributed by atoms with Crippen LogP contribution in [0.2, 0.25) is 0 Å². The molecule has 1 amide bonds. The number of hydrogen-bond acceptors (Lipinski definition) is 5. The van der Waals surface area contributed by atoms with Crippen LogP contribution in [0.5, 0.6) is 11.5 Å². The van der Waals surface area contributed by atoms with Crippen LogP contribution < -0.4 is 15.4 Å². The third kappa shape index (κ3) is 5.03. The Hall–Kier alpha value is -1.95. The molecule has 2 rings (SSSR count). The maximum atomic E-state index is 11.9. The molecule has 1 unspecified atom stereocenters. The molecule has 3 N–H and O–H groups in total. The Balaban J connectivity index is 2.17. The molecule has 1 aliphatic heterocycles. The molecule has 0 radical (unpaired) electrons. The molecule has 6 nitrogen and oxygen atoms in total. The van der Waals surface area contributed by atoms with Gasteiger partial charge in [-0.05, 0) is 64.3 Å². The quantitative estimate of drug-likeness (QED) is 0.743. The highest BCUT2D eigenvalue weighted by Crippen LogP contribution is 2.36. The lowest BCUT2D eigenvalue weighted by Gasteiger charge is -2.21. The number of methoxy groups -OCH3 is 1. The molecule has 0 saturated carbocycles. The van der Waals surface area contributed by atoms with E-state index in [1.807, 2.05) is 0 Å². The van der Waals surface area contributed by atoms with Gasteiger partial charge in [0, 0.05) is 6.04 Å². The van der Waals surface area contributed by atoms with Crippen molar-refractivity contribution in [2.24, 2.45) is 0 Å². The minimum Gasteiger partial charge on any atom is -0.503 e. The average molecular weight is 322 g/mol. The zero-order valence-corrected chi connectivity index (χ0v) is 14.2. The van der Waals surface area contributed by atoms with Crippen LogP contribution in [-0.2, 0) is 11.2 Å². The van der Waals surface area contributed by atoms with Gasteiger partial charge in [0.05, 0.1) is 12.8 Å². The van der Waals surface area contributed by atoms with Crippen molar-refractivity contribution in [3.05, 3.63) is 17.7 Å². The van der Waals surface area contributed by atoms with Gasteiger partial charge in [-0.25, -0.2) is 4.79 Å². The molecule has 23 heavy (non-hydrogen) atoms. The predicted octanol–water partition coefficient (Wildman–Crippen LogP) is 3.04. The lowest BCUT2D eigenvalue weighted by atomic mass is 10.0. The Morgan fingerprint density at radius 2 is 2.17 bits per heavy atom. The molecule has 1 saturated heterocycles. The van der Waals surface area contributed by atoms with E-state index in [9.17, 15) is 9.90 Å². The Morgan fingerprint density at radius 1 is 1.43 bits per heavy atom. The summed E-state index contributed by atoms with van der Waals surface area (Å²) in [6.45, 7) is 6.39. The number of nitrogens with one attached hydrogen (secondary N) is 2. The maximum absolute atomic E-state index is 11.9. The number of phenols is 1. The topological polar surface area (TPSA) is 79.8 Å². The minimum absolute atomic E-state index is 0.0958. The highest BCUT2D eigenvalue weighted by atomic mass is 16.6. The summed E-state index contributed by atoms with van der Waals surface area (Å²) in [5, 5.41) is 16.2. The van der Waals surface area contributed by atoms with E-state index in [0.717, 1.165) is 24.9 Å².